The molecular formula is C21H22N2O5. The predicted octanol–water partition coefficient (Wildman–Crippen LogP) is 2.30. The van der Waals surface area contributed by atoms with E-state index in [4.69, 9.17) is 10.5 Å². The minimum atomic E-state index is -0.868. The molecule has 3 rings (SSSR count). The third-order valence-corrected chi connectivity index (χ3v) is 4.78. The molecule has 0 spiro atoms. The third kappa shape index (κ3) is 4.49. The van der Waals surface area contributed by atoms with Crippen molar-refractivity contribution >= 4 is 17.8 Å². The Morgan fingerprint density at radius 1 is 1.14 bits per heavy atom. The number of rotatable bonds is 6. The summed E-state index contributed by atoms with van der Waals surface area (Å²) in [7, 11) is 0. The zero-order valence-electron chi connectivity index (χ0n) is 15.3. The number of nitrogens with zero attached hydrogens (tertiary/aromatic N) is 1. The van der Waals surface area contributed by atoms with Gasteiger partial charge in [-0.1, -0.05) is 24.3 Å². The van der Waals surface area contributed by atoms with Crippen molar-refractivity contribution in [3.05, 3.63) is 65.2 Å². The fourth-order valence-corrected chi connectivity index (χ4v) is 3.30. The van der Waals surface area contributed by atoms with Crippen molar-refractivity contribution in [1.29, 1.82) is 0 Å². The van der Waals surface area contributed by atoms with E-state index in [1.54, 1.807) is 47.4 Å². The third-order valence-electron chi connectivity index (χ3n) is 4.78. The van der Waals surface area contributed by atoms with Crippen LogP contribution in [0.4, 0.5) is 0 Å². The number of benzene rings is 2. The number of aliphatic carboxylic acids is 1. The zero-order chi connectivity index (χ0) is 20.1. The van der Waals surface area contributed by atoms with Crippen molar-refractivity contribution in [2.75, 3.05) is 13.1 Å². The zero-order valence-corrected chi connectivity index (χ0v) is 15.3. The van der Waals surface area contributed by atoms with Crippen LogP contribution < -0.4 is 10.5 Å². The molecule has 2 amide bonds. The lowest BCUT2D eigenvalue weighted by atomic mass is 9.97. The molecule has 2 aromatic carbocycles. The van der Waals surface area contributed by atoms with Crippen molar-refractivity contribution in [2.24, 2.45) is 11.7 Å². The van der Waals surface area contributed by atoms with Gasteiger partial charge in [-0.2, -0.15) is 0 Å². The summed E-state index contributed by atoms with van der Waals surface area (Å²) in [5.41, 5.74) is 6.89. The second-order valence-corrected chi connectivity index (χ2v) is 6.78. The normalized spacial score (nSPS) is 16.4. The van der Waals surface area contributed by atoms with Gasteiger partial charge in [0.25, 0.3) is 11.8 Å². The largest absolute Gasteiger partial charge is 0.488 e. The molecule has 7 heteroatoms. The number of para-hydroxylation sites is 1. The number of carbonyl (C=O) groups is 3. The lowest BCUT2D eigenvalue weighted by Crippen LogP contribution is -2.42. The summed E-state index contributed by atoms with van der Waals surface area (Å²) in [4.78, 5) is 37.1. The molecule has 28 heavy (non-hydrogen) atoms. The number of likely N-dealkylation sites (tertiary alicyclic amines) is 1. The van der Waals surface area contributed by atoms with E-state index in [9.17, 15) is 19.5 Å². The molecule has 0 unspecified atom stereocenters. The lowest BCUT2D eigenvalue weighted by molar-refractivity contribution is -0.143. The van der Waals surface area contributed by atoms with Crippen LogP contribution in [0.25, 0.3) is 0 Å². The molecule has 146 valence electrons. The van der Waals surface area contributed by atoms with Crippen molar-refractivity contribution in [3.63, 3.8) is 0 Å². The molecular weight excluding hydrogens is 360 g/mol. The second kappa shape index (κ2) is 8.56. The Labute approximate surface area is 162 Å². The van der Waals surface area contributed by atoms with Gasteiger partial charge in [-0.05, 0) is 42.7 Å². The first-order valence-electron chi connectivity index (χ1n) is 9.08. The Bertz CT molecular complexity index is 896. The quantitative estimate of drug-likeness (QED) is 0.797. The maximum absolute atomic E-state index is 12.8. The van der Waals surface area contributed by atoms with Crippen LogP contribution in [-0.4, -0.2) is 40.9 Å². The highest BCUT2D eigenvalue weighted by atomic mass is 16.5. The van der Waals surface area contributed by atoms with Gasteiger partial charge < -0.3 is 20.5 Å². The summed E-state index contributed by atoms with van der Waals surface area (Å²) in [6.07, 6.45) is 1.27. The number of carboxylic acid groups (broad SMARTS) is 1. The van der Waals surface area contributed by atoms with Gasteiger partial charge in [0, 0.05) is 18.7 Å². The number of primary amides is 1. The minimum absolute atomic E-state index is 0.170. The molecule has 0 aliphatic carbocycles. The molecule has 0 radical (unpaired) electrons. The average Bonchev–Trinajstić information content (AvgIpc) is 2.72. The number of carboxylic acids is 1. The van der Waals surface area contributed by atoms with Gasteiger partial charge in [0.1, 0.15) is 12.4 Å². The Morgan fingerprint density at radius 3 is 2.68 bits per heavy atom. The summed E-state index contributed by atoms with van der Waals surface area (Å²) >= 11 is 0. The first-order chi connectivity index (χ1) is 13.5. The number of nitrogens with two attached hydrogens (primary N) is 1. The number of carbonyl (C=O) groups excluding carboxylic acids is 2. The highest BCUT2D eigenvalue weighted by molar-refractivity contribution is 5.95. The van der Waals surface area contributed by atoms with E-state index in [1.807, 2.05) is 6.07 Å². The minimum Gasteiger partial charge on any atom is -0.488 e. The summed E-state index contributed by atoms with van der Waals surface area (Å²) in [5, 5.41) is 9.20. The molecule has 3 N–H and O–H groups in total. The standard InChI is InChI=1S/C21H22N2O5/c22-19(24)17-8-1-2-9-18(17)28-13-14-5-3-6-15(11-14)20(25)23-10-4-7-16(12-23)21(26)27/h1-3,5-6,8-9,11,16H,4,7,10,12-13H2,(H2,22,24)(H,26,27)/t16-/m0/s1. The second-order valence-electron chi connectivity index (χ2n) is 6.78. The number of piperidine rings is 1. The van der Waals surface area contributed by atoms with E-state index in [2.05, 4.69) is 0 Å². The highest BCUT2D eigenvalue weighted by Gasteiger charge is 2.28. The van der Waals surface area contributed by atoms with Crippen LogP contribution in [0.3, 0.4) is 0 Å². The molecule has 1 fully saturated rings. The van der Waals surface area contributed by atoms with Gasteiger partial charge in [0.15, 0.2) is 0 Å². The molecule has 1 aliphatic heterocycles. The predicted molar refractivity (Wildman–Crippen MR) is 102 cm³/mol. The molecule has 1 saturated heterocycles. The van der Waals surface area contributed by atoms with E-state index in [1.165, 1.54) is 0 Å². The van der Waals surface area contributed by atoms with Crippen LogP contribution in [0.15, 0.2) is 48.5 Å². The summed E-state index contributed by atoms with van der Waals surface area (Å²) in [6, 6.07) is 13.7. The van der Waals surface area contributed by atoms with Gasteiger partial charge in [-0.3, -0.25) is 14.4 Å². The van der Waals surface area contributed by atoms with Crippen LogP contribution >= 0.6 is 0 Å². The Balaban J connectivity index is 1.70. The fraction of sp³-hybridized carbons (Fsp3) is 0.286. The van der Waals surface area contributed by atoms with E-state index in [0.29, 0.717) is 36.3 Å². The molecule has 7 nitrogen and oxygen atoms in total. The van der Waals surface area contributed by atoms with Crippen molar-refractivity contribution in [2.45, 2.75) is 19.4 Å². The molecule has 0 bridgehead atoms. The first-order valence-corrected chi connectivity index (χ1v) is 9.08. The van der Waals surface area contributed by atoms with Gasteiger partial charge in [0.2, 0.25) is 0 Å². The van der Waals surface area contributed by atoms with Crippen LogP contribution in [0.1, 0.15) is 39.1 Å². The SMILES string of the molecule is NC(=O)c1ccccc1OCc1cccc(C(=O)N2CCC[C@H](C(=O)O)C2)c1. The van der Waals surface area contributed by atoms with E-state index in [0.717, 1.165) is 5.56 Å². The van der Waals surface area contributed by atoms with Crippen LogP contribution in [0.2, 0.25) is 0 Å². The summed E-state index contributed by atoms with van der Waals surface area (Å²) < 4.78 is 5.71. The highest BCUT2D eigenvalue weighted by Crippen LogP contribution is 2.21. The van der Waals surface area contributed by atoms with Crippen molar-refractivity contribution in [1.82, 2.24) is 4.90 Å². The van der Waals surface area contributed by atoms with E-state index < -0.39 is 17.8 Å². The van der Waals surface area contributed by atoms with Crippen molar-refractivity contribution in [3.8, 4) is 5.75 Å². The maximum atomic E-state index is 12.8. The molecule has 1 atom stereocenters. The first kappa shape index (κ1) is 19.4. The number of hydrogen-bond donors (Lipinski definition) is 2. The molecule has 1 heterocycles. The fourth-order valence-electron chi connectivity index (χ4n) is 3.30. The van der Waals surface area contributed by atoms with Gasteiger partial charge in [-0.15, -0.1) is 0 Å². The topological polar surface area (TPSA) is 110 Å². The number of ether oxygens (including phenoxy) is 1. The Kier molecular flexibility index (Phi) is 5.93. The molecule has 0 aromatic heterocycles. The number of hydrogen-bond acceptors (Lipinski definition) is 4. The monoisotopic (exact) mass is 382 g/mol. The maximum Gasteiger partial charge on any atom is 0.308 e. The van der Waals surface area contributed by atoms with Crippen LogP contribution in [0, 0.1) is 5.92 Å². The van der Waals surface area contributed by atoms with E-state index >= 15 is 0 Å². The van der Waals surface area contributed by atoms with Gasteiger partial charge >= 0.3 is 5.97 Å². The van der Waals surface area contributed by atoms with Gasteiger partial charge in [-0.25, -0.2) is 0 Å². The van der Waals surface area contributed by atoms with Crippen LogP contribution in [0.5, 0.6) is 5.75 Å². The van der Waals surface area contributed by atoms with Crippen LogP contribution in [-0.2, 0) is 11.4 Å². The summed E-state index contributed by atoms with van der Waals surface area (Å²) in [5.74, 6) is -1.77. The van der Waals surface area contributed by atoms with Crippen molar-refractivity contribution < 1.29 is 24.2 Å². The van der Waals surface area contributed by atoms with E-state index in [-0.39, 0.29) is 19.1 Å². The summed E-state index contributed by atoms with van der Waals surface area (Å²) in [6.45, 7) is 0.944. The molecule has 2 aromatic rings. The lowest BCUT2D eigenvalue weighted by Gasteiger charge is -2.30. The Hall–Kier alpha value is -3.35. The number of amides is 2. The van der Waals surface area contributed by atoms with Gasteiger partial charge in [0.05, 0.1) is 11.5 Å². The Morgan fingerprint density at radius 2 is 1.93 bits per heavy atom. The molecule has 0 saturated carbocycles. The molecule has 1 aliphatic rings. The average molecular weight is 382 g/mol. The smallest absolute Gasteiger partial charge is 0.308 e.